The molecule has 41 heavy (non-hydrogen) atoms. The molecule has 1 fully saturated rings. The molecule has 1 saturated heterocycles. The highest BCUT2D eigenvalue weighted by molar-refractivity contribution is 7.99. The average Bonchev–Trinajstić information content (AvgIpc) is 3.06. The minimum atomic E-state index is -5.01. The Hall–Kier alpha value is -3.16. The Morgan fingerprint density at radius 1 is 1.15 bits per heavy atom. The molecule has 1 amide bonds. The fourth-order valence-corrected chi connectivity index (χ4v) is 6.98. The van der Waals surface area contributed by atoms with Crippen LogP contribution in [-0.4, -0.2) is 62.5 Å². The van der Waals surface area contributed by atoms with Gasteiger partial charge in [0.25, 0.3) is 0 Å². The molecule has 0 bridgehead atoms. The number of aliphatic hydroxyl groups excluding tert-OH is 1. The first-order valence-electron chi connectivity index (χ1n) is 12.6. The van der Waals surface area contributed by atoms with Crippen molar-refractivity contribution in [2.45, 2.75) is 49.7 Å². The molecule has 5 rings (SSSR count). The Bertz CT molecular complexity index is 1630. The average molecular weight is 615 g/mol. The van der Waals surface area contributed by atoms with E-state index < -0.39 is 63.4 Å². The molecule has 7 nitrogen and oxygen atoms in total. The molecule has 14 heteroatoms. The first kappa shape index (κ1) is 29.3. The zero-order valence-electron chi connectivity index (χ0n) is 21.8. The predicted molar refractivity (Wildman–Crippen MR) is 146 cm³/mol. The van der Waals surface area contributed by atoms with Gasteiger partial charge in [0.15, 0.2) is 0 Å². The number of piperazine rings is 1. The van der Waals surface area contributed by atoms with Crippen molar-refractivity contribution in [1.29, 1.82) is 0 Å². The summed E-state index contributed by atoms with van der Waals surface area (Å²) >= 11 is 6.69. The number of hydrogen-bond acceptors (Lipinski definition) is 6. The van der Waals surface area contributed by atoms with E-state index in [1.165, 1.54) is 6.08 Å². The molecule has 1 N–H and O–H groups in total. The second-order valence-electron chi connectivity index (χ2n) is 10.1. The molecule has 2 aliphatic rings. The minimum Gasteiger partial charge on any atom is -0.390 e. The lowest BCUT2D eigenvalue weighted by Crippen LogP contribution is -2.58. The van der Waals surface area contributed by atoms with Crippen molar-refractivity contribution >= 4 is 46.0 Å². The normalized spacial score (nSPS) is 21.2. The summed E-state index contributed by atoms with van der Waals surface area (Å²) in [5, 5.41) is 9.91. The molecule has 0 spiro atoms. The number of aromatic nitrogens is 2. The Morgan fingerprint density at radius 3 is 2.41 bits per heavy atom. The van der Waals surface area contributed by atoms with Crippen LogP contribution >= 0.6 is 23.4 Å². The standard InChI is InChI=1S/C27H24ClF5N4O3S/c1-4-21(39)37-12(2)8-35(9-13(37)3)25-16-5-17(27(31,32)33)22(15-6-18(28)20(30)7-19(15)29)24-23(16)36(26(40)34-25)10-14(38)11-41-24/h4-7,12-14,38H,1,8-11H2,2-3H3/t12-,13+,14?. The van der Waals surface area contributed by atoms with Crippen molar-refractivity contribution in [2.24, 2.45) is 0 Å². The fraction of sp³-hybridized carbons (Fsp3) is 0.370. The lowest BCUT2D eigenvalue weighted by Gasteiger charge is -2.44. The summed E-state index contributed by atoms with van der Waals surface area (Å²) < 4.78 is 74.3. The van der Waals surface area contributed by atoms with E-state index in [0.717, 1.165) is 28.5 Å². The topological polar surface area (TPSA) is 78.7 Å². The summed E-state index contributed by atoms with van der Waals surface area (Å²) in [6.45, 7) is 7.11. The maximum absolute atomic E-state index is 15.1. The van der Waals surface area contributed by atoms with Crippen LogP contribution in [0.15, 0.2) is 40.5 Å². The van der Waals surface area contributed by atoms with E-state index >= 15 is 4.39 Å². The number of benzene rings is 2. The lowest BCUT2D eigenvalue weighted by molar-refractivity contribution is -0.137. The molecule has 3 heterocycles. The summed E-state index contributed by atoms with van der Waals surface area (Å²) in [6.07, 6.45) is -4.95. The number of carbonyl (C=O) groups excluding carboxylic acids is 1. The van der Waals surface area contributed by atoms with Crippen LogP contribution in [-0.2, 0) is 17.5 Å². The van der Waals surface area contributed by atoms with Gasteiger partial charge in [-0.2, -0.15) is 18.2 Å². The molecule has 3 atom stereocenters. The van der Waals surface area contributed by atoms with Gasteiger partial charge in [-0.1, -0.05) is 18.2 Å². The van der Waals surface area contributed by atoms with Crippen LogP contribution in [0.25, 0.3) is 22.0 Å². The summed E-state index contributed by atoms with van der Waals surface area (Å²) in [5.74, 6) is -2.85. The van der Waals surface area contributed by atoms with E-state index in [1.807, 2.05) is 0 Å². The van der Waals surface area contributed by atoms with Gasteiger partial charge in [-0.15, -0.1) is 11.8 Å². The second kappa shape index (κ2) is 10.6. The maximum atomic E-state index is 15.1. The quantitative estimate of drug-likeness (QED) is 0.252. The molecular weight excluding hydrogens is 591 g/mol. The smallest absolute Gasteiger partial charge is 0.390 e. The molecule has 2 aliphatic heterocycles. The van der Waals surface area contributed by atoms with Crippen LogP contribution in [0, 0.1) is 11.6 Å². The molecular formula is C27H24ClF5N4O3S. The predicted octanol–water partition coefficient (Wildman–Crippen LogP) is 5.09. The number of nitrogens with zero attached hydrogens (tertiary/aromatic N) is 4. The van der Waals surface area contributed by atoms with Gasteiger partial charge < -0.3 is 14.9 Å². The van der Waals surface area contributed by atoms with Crippen molar-refractivity contribution in [2.75, 3.05) is 23.7 Å². The molecule has 3 aromatic rings. The first-order valence-corrected chi connectivity index (χ1v) is 13.9. The van der Waals surface area contributed by atoms with Gasteiger partial charge in [-0.05, 0) is 32.1 Å². The van der Waals surface area contributed by atoms with Crippen LogP contribution in [0.4, 0.5) is 27.8 Å². The third kappa shape index (κ3) is 5.08. The number of rotatable bonds is 3. The van der Waals surface area contributed by atoms with Gasteiger partial charge in [-0.25, -0.2) is 13.6 Å². The van der Waals surface area contributed by atoms with E-state index in [1.54, 1.807) is 23.6 Å². The van der Waals surface area contributed by atoms with Crippen LogP contribution in [0.5, 0.6) is 0 Å². The summed E-state index contributed by atoms with van der Waals surface area (Å²) in [7, 11) is 0. The van der Waals surface area contributed by atoms with Gasteiger partial charge in [0.05, 0.1) is 28.8 Å². The number of alkyl halides is 3. The largest absolute Gasteiger partial charge is 0.417 e. The number of halogens is 6. The van der Waals surface area contributed by atoms with Crippen molar-refractivity contribution in [1.82, 2.24) is 14.5 Å². The number of anilines is 1. The Morgan fingerprint density at radius 2 is 1.80 bits per heavy atom. The third-order valence-electron chi connectivity index (χ3n) is 7.24. The molecule has 218 valence electrons. The monoisotopic (exact) mass is 614 g/mol. The number of aliphatic hydroxyl groups is 1. The molecule has 1 aromatic heterocycles. The molecule has 0 saturated carbocycles. The number of carbonyl (C=O) groups is 1. The molecule has 0 aliphatic carbocycles. The molecule has 1 unspecified atom stereocenters. The molecule has 2 aromatic carbocycles. The lowest BCUT2D eigenvalue weighted by atomic mass is 9.95. The Balaban J connectivity index is 1.85. The highest BCUT2D eigenvalue weighted by Gasteiger charge is 2.40. The van der Waals surface area contributed by atoms with E-state index in [-0.39, 0.29) is 52.9 Å². The maximum Gasteiger partial charge on any atom is 0.417 e. The Labute approximate surface area is 240 Å². The number of thioether (sulfide) groups is 1. The first-order chi connectivity index (χ1) is 19.2. The highest BCUT2D eigenvalue weighted by atomic mass is 35.5. The second-order valence-corrected chi connectivity index (χ2v) is 11.6. The van der Waals surface area contributed by atoms with Crippen molar-refractivity contribution in [3.63, 3.8) is 0 Å². The van der Waals surface area contributed by atoms with Crippen molar-refractivity contribution in [3.05, 3.63) is 63.6 Å². The van der Waals surface area contributed by atoms with Crippen LogP contribution in [0.3, 0.4) is 0 Å². The van der Waals surface area contributed by atoms with E-state index in [2.05, 4.69) is 11.6 Å². The van der Waals surface area contributed by atoms with Crippen LogP contribution < -0.4 is 10.6 Å². The van der Waals surface area contributed by atoms with E-state index in [4.69, 9.17) is 11.6 Å². The van der Waals surface area contributed by atoms with Gasteiger partial charge in [0, 0.05) is 58.4 Å². The number of amides is 1. The fourth-order valence-electron chi connectivity index (χ4n) is 5.63. The van der Waals surface area contributed by atoms with Gasteiger partial charge in [0.2, 0.25) is 5.91 Å². The molecule has 0 radical (unpaired) electrons. The summed E-state index contributed by atoms with van der Waals surface area (Å²) in [4.78, 5) is 33.0. The van der Waals surface area contributed by atoms with Gasteiger partial charge in [0.1, 0.15) is 17.5 Å². The summed E-state index contributed by atoms with van der Waals surface area (Å²) in [5.41, 5.74) is -3.23. The summed E-state index contributed by atoms with van der Waals surface area (Å²) in [6, 6.07) is 1.20. The SMILES string of the molecule is C=CC(=O)N1[C@H](C)CN(c2nc(=O)n3c4c(c(-c5cc(Cl)c(F)cc5F)c(C(F)(F)F)cc24)SCC(O)C3)C[C@@H]1C. The third-order valence-corrected chi connectivity index (χ3v) is 8.77. The van der Waals surface area contributed by atoms with E-state index in [0.29, 0.717) is 6.07 Å². The van der Waals surface area contributed by atoms with E-state index in [9.17, 15) is 32.3 Å². The highest BCUT2D eigenvalue weighted by Crippen LogP contribution is 2.49. The van der Waals surface area contributed by atoms with Crippen LogP contribution in [0.2, 0.25) is 5.02 Å². The van der Waals surface area contributed by atoms with Crippen molar-refractivity contribution in [3.8, 4) is 11.1 Å². The van der Waals surface area contributed by atoms with Gasteiger partial charge in [-0.3, -0.25) is 9.36 Å². The zero-order valence-corrected chi connectivity index (χ0v) is 23.4. The minimum absolute atomic E-state index is 0.0291. The van der Waals surface area contributed by atoms with Gasteiger partial charge >= 0.3 is 11.9 Å². The zero-order chi connectivity index (χ0) is 30.0. The number of hydrogen-bond donors (Lipinski definition) is 1. The Kier molecular flexibility index (Phi) is 7.58. The van der Waals surface area contributed by atoms with Crippen molar-refractivity contribution < 1.29 is 31.9 Å². The van der Waals surface area contributed by atoms with Crippen LogP contribution in [0.1, 0.15) is 19.4 Å².